The quantitative estimate of drug-likeness (QED) is 0.431. The molecule has 0 saturated heterocycles. The van der Waals surface area contributed by atoms with Crippen LogP contribution in [-0.2, 0) is 4.79 Å². The Morgan fingerprint density at radius 2 is 2.20 bits per heavy atom. The van der Waals surface area contributed by atoms with E-state index in [-0.39, 0.29) is 34.9 Å². The zero-order chi connectivity index (χ0) is 14.8. The van der Waals surface area contributed by atoms with Crippen LogP contribution in [0.5, 0.6) is 5.75 Å². The number of carbonyl (C=O) groups excluding carboxylic acids is 1. The second-order valence-corrected chi connectivity index (χ2v) is 5.24. The third kappa shape index (κ3) is 2.88. The number of amides is 1. The van der Waals surface area contributed by atoms with Gasteiger partial charge in [0.25, 0.3) is 5.69 Å². The van der Waals surface area contributed by atoms with Gasteiger partial charge in [-0.15, -0.1) is 0 Å². The molecule has 0 aromatic heterocycles. The Labute approximate surface area is 115 Å². The third-order valence-electron chi connectivity index (χ3n) is 3.85. The second-order valence-electron chi connectivity index (χ2n) is 5.24. The summed E-state index contributed by atoms with van der Waals surface area (Å²) in [6.07, 6.45) is 3.16. The predicted octanol–water partition coefficient (Wildman–Crippen LogP) is 1.76. The van der Waals surface area contributed by atoms with Crippen molar-refractivity contribution in [2.45, 2.75) is 25.7 Å². The molecule has 1 aromatic rings. The maximum Gasteiger partial charge on any atom is 0.271 e. The van der Waals surface area contributed by atoms with E-state index in [1.165, 1.54) is 12.1 Å². The van der Waals surface area contributed by atoms with E-state index in [1.54, 1.807) is 0 Å². The first kappa shape index (κ1) is 14.3. The number of anilines is 1. The standard InChI is InChI=1S/C13H17N3O4/c14-8-13(4-1-5-13)7-12(18)15-10-6-9(16(19)20)2-3-11(10)17/h2-3,6,17H,1,4-5,7-8,14H2,(H,15,18). The zero-order valence-electron chi connectivity index (χ0n) is 11.0. The molecule has 0 bridgehead atoms. The summed E-state index contributed by atoms with van der Waals surface area (Å²) in [6, 6.07) is 3.51. The van der Waals surface area contributed by atoms with Gasteiger partial charge in [-0.3, -0.25) is 14.9 Å². The molecule has 0 unspecified atom stereocenters. The van der Waals surface area contributed by atoms with E-state index >= 15 is 0 Å². The van der Waals surface area contributed by atoms with E-state index in [1.807, 2.05) is 0 Å². The Balaban J connectivity index is 2.07. The number of rotatable bonds is 5. The number of benzene rings is 1. The maximum absolute atomic E-state index is 12.0. The number of nitrogens with two attached hydrogens (primary N) is 1. The molecule has 0 atom stereocenters. The first-order valence-corrected chi connectivity index (χ1v) is 6.43. The van der Waals surface area contributed by atoms with Gasteiger partial charge in [-0.2, -0.15) is 0 Å². The van der Waals surface area contributed by atoms with Gasteiger partial charge in [0.1, 0.15) is 5.75 Å². The van der Waals surface area contributed by atoms with Gasteiger partial charge in [-0.25, -0.2) is 0 Å². The van der Waals surface area contributed by atoms with Crippen LogP contribution in [0.15, 0.2) is 18.2 Å². The number of aromatic hydroxyl groups is 1. The van der Waals surface area contributed by atoms with Crippen LogP contribution < -0.4 is 11.1 Å². The van der Waals surface area contributed by atoms with Crippen LogP contribution in [0.3, 0.4) is 0 Å². The van der Waals surface area contributed by atoms with Crippen molar-refractivity contribution in [3.05, 3.63) is 28.3 Å². The minimum atomic E-state index is -0.581. The van der Waals surface area contributed by atoms with E-state index < -0.39 is 4.92 Å². The third-order valence-corrected chi connectivity index (χ3v) is 3.85. The van der Waals surface area contributed by atoms with Crippen LogP contribution in [0.4, 0.5) is 11.4 Å². The smallest absolute Gasteiger partial charge is 0.271 e. The normalized spacial score (nSPS) is 16.2. The summed E-state index contributed by atoms with van der Waals surface area (Å²) in [7, 11) is 0. The van der Waals surface area contributed by atoms with Crippen LogP contribution in [-0.4, -0.2) is 22.5 Å². The van der Waals surface area contributed by atoms with Gasteiger partial charge in [-0.1, -0.05) is 6.42 Å². The van der Waals surface area contributed by atoms with E-state index in [4.69, 9.17) is 5.73 Å². The molecule has 1 aliphatic carbocycles. The molecule has 0 heterocycles. The van der Waals surface area contributed by atoms with Crippen molar-refractivity contribution in [2.75, 3.05) is 11.9 Å². The fraction of sp³-hybridized carbons (Fsp3) is 0.462. The highest BCUT2D eigenvalue weighted by atomic mass is 16.6. The van der Waals surface area contributed by atoms with Gasteiger partial charge in [0.2, 0.25) is 5.91 Å². The molecule has 0 spiro atoms. The van der Waals surface area contributed by atoms with Crippen LogP contribution in [0.2, 0.25) is 0 Å². The number of non-ortho nitro benzene ring substituents is 1. The van der Waals surface area contributed by atoms with E-state index in [0.29, 0.717) is 6.54 Å². The molecule has 20 heavy (non-hydrogen) atoms. The number of nitrogens with one attached hydrogen (secondary N) is 1. The molecule has 1 aromatic carbocycles. The number of nitro benzene ring substituents is 1. The lowest BCUT2D eigenvalue weighted by Crippen LogP contribution is -2.40. The first-order chi connectivity index (χ1) is 9.46. The Morgan fingerprint density at radius 1 is 1.50 bits per heavy atom. The zero-order valence-corrected chi connectivity index (χ0v) is 11.0. The number of phenolic OH excluding ortho intramolecular Hbond substituents is 1. The van der Waals surface area contributed by atoms with Crippen molar-refractivity contribution in [1.82, 2.24) is 0 Å². The average Bonchev–Trinajstić information content (AvgIpc) is 2.36. The summed E-state index contributed by atoms with van der Waals surface area (Å²) in [4.78, 5) is 22.1. The van der Waals surface area contributed by atoms with Crippen LogP contribution in [0, 0.1) is 15.5 Å². The van der Waals surface area contributed by atoms with Crippen molar-refractivity contribution in [1.29, 1.82) is 0 Å². The number of carbonyl (C=O) groups is 1. The van der Waals surface area contributed by atoms with E-state index in [2.05, 4.69) is 5.32 Å². The summed E-state index contributed by atoms with van der Waals surface area (Å²) in [5.74, 6) is -0.481. The van der Waals surface area contributed by atoms with Gasteiger partial charge in [0.05, 0.1) is 10.6 Å². The first-order valence-electron chi connectivity index (χ1n) is 6.43. The number of phenols is 1. The number of hydrogen-bond acceptors (Lipinski definition) is 5. The van der Waals surface area contributed by atoms with Crippen molar-refractivity contribution < 1.29 is 14.8 Å². The maximum atomic E-state index is 12.0. The SMILES string of the molecule is NCC1(CC(=O)Nc2cc([N+](=O)[O-])ccc2O)CCC1. The Hall–Kier alpha value is -2.15. The molecule has 0 radical (unpaired) electrons. The Bertz CT molecular complexity index is 535. The lowest BCUT2D eigenvalue weighted by molar-refractivity contribution is -0.384. The summed E-state index contributed by atoms with van der Waals surface area (Å²) >= 11 is 0. The minimum Gasteiger partial charge on any atom is -0.506 e. The molecule has 1 fully saturated rings. The highest BCUT2D eigenvalue weighted by Gasteiger charge is 2.37. The molecule has 2 rings (SSSR count). The number of nitro groups is 1. The van der Waals surface area contributed by atoms with Crippen molar-refractivity contribution in [2.24, 2.45) is 11.1 Å². The topological polar surface area (TPSA) is 118 Å². The van der Waals surface area contributed by atoms with E-state index in [9.17, 15) is 20.0 Å². The molecule has 1 aliphatic rings. The Morgan fingerprint density at radius 3 is 2.70 bits per heavy atom. The Kier molecular flexibility index (Phi) is 3.89. The average molecular weight is 279 g/mol. The molecule has 1 saturated carbocycles. The summed E-state index contributed by atoms with van der Waals surface area (Å²) in [5, 5.41) is 22.8. The lowest BCUT2D eigenvalue weighted by Gasteiger charge is -2.40. The molecular formula is C13H17N3O4. The highest BCUT2D eigenvalue weighted by Crippen LogP contribution is 2.43. The second kappa shape index (κ2) is 5.46. The molecule has 4 N–H and O–H groups in total. The van der Waals surface area contributed by atoms with Gasteiger partial charge in [0.15, 0.2) is 0 Å². The fourth-order valence-corrected chi connectivity index (χ4v) is 2.40. The molecular weight excluding hydrogens is 262 g/mol. The minimum absolute atomic E-state index is 0.0516. The number of nitrogens with zero attached hydrogens (tertiary/aromatic N) is 1. The van der Waals surface area contributed by atoms with Gasteiger partial charge >= 0.3 is 0 Å². The molecule has 7 nitrogen and oxygen atoms in total. The van der Waals surface area contributed by atoms with Crippen LogP contribution >= 0.6 is 0 Å². The van der Waals surface area contributed by atoms with Crippen LogP contribution in [0.25, 0.3) is 0 Å². The predicted molar refractivity (Wildman–Crippen MR) is 73.3 cm³/mol. The lowest BCUT2D eigenvalue weighted by atomic mass is 9.66. The molecule has 7 heteroatoms. The molecule has 1 amide bonds. The van der Waals surface area contributed by atoms with Gasteiger partial charge < -0.3 is 16.2 Å². The fourth-order valence-electron chi connectivity index (χ4n) is 2.40. The van der Waals surface area contributed by atoms with E-state index in [0.717, 1.165) is 25.3 Å². The summed E-state index contributed by atoms with van der Waals surface area (Å²) in [5.41, 5.74) is 5.40. The van der Waals surface area contributed by atoms with Gasteiger partial charge in [0, 0.05) is 18.6 Å². The monoisotopic (exact) mass is 279 g/mol. The largest absolute Gasteiger partial charge is 0.506 e. The summed E-state index contributed by atoms with van der Waals surface area (Å²) in [6.45, 7) is 0.446. The molecule has 108 valence electrons. The van der Waals surface area contributed by atoms with Crippen LogP contribution in [0.1, 0.15) is 25.7 Å². The highest BCUT2D eigenvalue weighted by molar-refractivity contribution is 5.93. The molecule has 0 aliphatic heterocycles. The van der Waals surface area contributed by atoms with Crippen molar-refractivity contribution >= 4 is 17.3 Å². The van der Waals surface area contributed by atoms with Crippen molar-refractivity contribution in [3.63, 3.8) is 0 Å². The van der Waals surface area contributed by atoms with Gasteiger partial charge in [-0.05, 0) is 30.9 Å². The summed E-state index contributed by atoms with van der Waals surface area (Å²) < 4.78 is 0. The number of hydrogen-bond donors (Lipinski definition) is 3. The van der Waals surface area contributed by atoms with Crippen molar-refractivity contribution in [3.8, 4) is 5.75 Å².